The lowest BCUT2D eigenvalue weighted by atomic mass is 10.2. The van der Waals surface area contributed by atoms with Gasteiger partial charge < -0.3 is 0 Å². The third-order valence-electron chi connectivity index (χ3n) is 4.11. The average Bonchev–Trinajstić information content (AvgIpc) is 2.92. The molecule has 0 aliphatic heterocycles. The van der Waals surface area contributed by atoms with Crippen LogP contribution >= 0.6 is 11.6 Å². The van der Waals surface area contributed by atoms with Gasteiger partial charge >= 0.3 is 0 Å². The van der Waals surface area contributed by atoms with Crippen molar-refractivity contribution in [3.63, 3.8) is 0 Å². The molecule has 0 saturated carbocycles. The molecule has 7 heteroatoms. The monoisotopic (exact) mass is 389 g/mol. The lowest BCUT2D eigenvalue weighted by Gasteiger charge is -2.08. The fraction of sp³-hybridized carbons (Fsp3) is 0.211. The molecule has 136 valence electrons. The Labute approximate surface area is 158 Å². The lowest BCUT2D eigenvalue weighted by molar-refractivity contribution is 0.580. The highest BCUT2D eigenvalue weighted by Gasteiger charge is 2.24. The maximum atomic E-state index is 12.8. The van der Waals surface area contributed by atoms with Crippen LogP contribution in [0, 0.1) is 13.8 Å². The summed E-state index contributed by atoms with van der Waals surface area (Å²) in [5.41, 5.74) is 2.92. The zero-order chi connectivity index (χ0) is 18.7. The number of rotatable bonds is 6. The molecule has 0 amide bonds. The van der Waals surface area contributed by atoms with Crippen molar-refractivity contribution in [3.05, 3.63) is 76.6 Å². The van der Waals surface area contributed by atoms with E-state index < -0.39 is 10.0 Å². The van der Waals surface area contributed by atoms with Crippen molar-refractivity contribution >= 4 is 21.6 Å². The van der Waals surface area contributed by atoms with Gasteiger partial charge in [0.15, 0.2) is 0 Å². The summed E-state index contributed by atoms with van der Waals surface area (Å²) in [6.45, 7) is 3.78. The van der Waals surface area contributed by atoms with Crippen molar-refractivity contribution in [1.29, 1.82) is 0 Å². The molecule has 5 nitrogen and oxygen atoms in total. The van der Waals surface area contributed by atoms with Gasteiger partial charge in [0.05, 0.1) is 17.1 Å². The van der Waals surface area contributed by atoms with E-state index in [9.17, 15) is 8.42 Å². The van der Waals surface area contributed by atoms with Crippen molar-refractivity contribution in [2.75, 3.05) is 6.54 Å². The number of hydrogen-bond donors (Lipinski definition) is 1. The Hall–Kier alpha value is -2.15. The van der Waals surface area contributed by atoms with Crippen LogP contribution < -0.4 is 4.72 Å². The van der Waals surface area contributed by atoms with Gasteiger partial charge in [-0.3, -0.25) is 0 Å². The van der Waals surface area contributed by atoms with Crippen LogP contribution in [0.1, 0.15) is 17.0 Å². The first-order valence-corrected chi connectivity index (χ1v) is 10.1. The summed E-state index contributed by atoms with van der Waals surface area (Å²) in [6, 6.07) is 16.8. The summed E-state index contributed by atoms with van der Waals surface area (Å²) in [5.74, 6) is 0. The normalized spacial score (nSPS) is 11.7. The van der Waals surface area contributed by atoms with Gasteiger partial charge in [0.1, 0.15) is 4.90 Å². The number of sulfonamides is 1. The molecule has 0 saturated heterocycles. The molecule has 0 radical (unpaired) electrons. The first kappa shape index (κ1) is 18.6. The summed E-state index contributed by atoms with van der Waals surface area (Å²) in [6.07, 6.45) is 0.585. The van der Waals surface area contributed by atoms with Gasteiger partial charge in [0.25, 0.3) is 0 Å². The largest absolute Gasteiger partial charge is 0.244 e. The minimum Gasteiger partial charge on any atom is -0.236 e. The summed E-state index contributed by atoms with van der Waals surface area (Å²) in [4.78, 5) is 0.234. The van der Waals surface area contributed by atoms with Crippen LogP contribution in [-0.4, -0.2) is 24.7 Å². The van der Waals surface area contributed by atoms with Crippen molar-refractivity contribution in [3.8, 4) is 5.69 Å². The fourth-order valence-electron chi connectivity index (χ4n) is 2.89. The molecule has 3 aromatic rings. The molecule has 0 bridgehead atoms. The molecular weight excluding hydrogens is 370 g/mol. The van der Waals surface area contributed by atoms with Gasteiger partial charge in [-0.05, 0) is 50.1 Å². The second kappa shape index (κ2) is 7.61. The van der Waals surface area contributed by atoms with Crippen LogP contribution in [0.5, 0.6) is 0 Å². The smallest absolute Gasteiger partial charge is 0.236 e. The first-order valence-electron chi connectivity index (χ1n) is 8.24. The highest BCUT2D eigenvalue weighted by atomic mass is 35.5. The number of nitrogens with zero attached hydrogens (tertiary/aromatic N) is 2. The molecule has 0 spiro atoms. The quantitative estimate of drug-likeness (QED) is 0.699. The minimum atomic E-state index is -3.65. The van der Waals surface area contributed by atoms with Gasteiger partial charge in [-0.2, -0.15) is 5.10 Å². The standard InChI is InChI=1S/C19H20ClN3O2S/c1-14-19(15(2)23(22-14)18-6-4-3-5-7-18)26(24,25)21-13-12-16-8-10-17(20)11-9-16/h3-11,21H,12-13H2,1-2H3. The van der Waals surface area contributed by atoms with Gasteiger partial charge in [0.2, 0.25) is 10.0 Å². The number of aromatic nitrogens is 2. The van der Waals surface area contributed by atoms with Crippen LogP contribution in [-0.2, 0) is 16.4 Å². The predicted molar refractivity (Wildman–Crippen MR) is 103 cm³/mol. The molecule has 3 rings (SSSR count). The Kier molecular flexibility index (Phi) is 5.46. The Bertz CT molecular complexity index is 997. The highest BCUT2D eigenvalue weighted by Crippen LogP contribution is 2.22. The van der Waals surface area contributed by atoms with Crippen molar-refractivity contribution in [2.45, 2.75) is 25.2 Å². The topological polar surface area (TPSA) is 64.0 Å². The molecule has 0 atom stereocenters. The Balaban J connectivity index is 1.79. The predicted octanol–water partition coefficient (Wildman–Crippen LogP) is 3.66. The second-order valence-corrected chi connectivity index (χ2v) is 8.16. The number of halogens is 1. The Morgan fingerprint density at radius 3 is 2.35 bits per heavy atom. The van der Waals surface area contributed by atoms with Crippen molar-refractivity contribution in [1.82, 2.24) is 14.5 Å². The Morgan fingerprint density at radius 2 is 1.69 bits per heavy atom. The zero-order valence-electron chi connectivity index (χ0n) is 14.6. The SMILES string of the molecule is Cc1nn(-c2ccccc2)c(C)c1S(=O)(=O)NCCc1ccc(Cl)cc1. The fourth-order valence-corrected chi connectivity index (χ4v) is 4.44. The maximum Gasteiger partial charge on any atom is 0.244 e. The molecule has 1 N–H and O–H groups in total. The molecule has 26 heavy (non-hydrogen) atoms. The third-order valence-corrected chi connectivity index (χ3v) is 6.08. The molecule has 2 aromatic carbocycles. The molecule has 1 aromatic heterocycles. The van der Waals surface area contributed by atoms with E-state index in [1.54, 1.807) is 30.7 Å². The molecule has 0 aliphatic rings. The Morgan fingerprint density at radius 1 is 1.04 bits per heavy atom. The summed E-state index contributed by atoms with van der Waals surface area (Å²) < 4.78 is 29.9. The zero-order valence-corrected chi connectivity index (χ0v) is 16.2. The van der Waals surface area contributed by atoms with Gasteiger partial charge in [-0.15, -0.1) is 0 Å². The van der Waals surface area contributed by atoms with Crippen LogP contribution in [0.15, 0.2) is 59.5 Å². The third kappa shape index (κ3) is 3.98. The number of aryl methyl sites for hydroxylation is 1. The van der Waals surface area contributed by atoms with Crippen LogP contribution in [0.25, 0.3) is 5.69 Å². The van der Waals surface area contributed by atoms with Gasteiger partial charge in [-0.25, -0.2) is 17.8 Å². The number of benzene rings is 2. The second-order valence-electron chi connectivity index (χ2n) is 6.02. The van der Waals surface area contributed by atoms with Crippen LogP contribution in [0.2, 0.25) is 5.02 Å². The van der Waals surface area contributed by atoms with E-state index in [2.05, 4.69) is 9.82 Å². The van der Waals surface area contributed by atoms with E-state index in [1.807, 2.05) is 42.5 Å². The van der Waals surface area contributed by atoms with Crippen LogP contribution in [0.3, 0.4) is 0 Å². The van der Waals surface area contributed by atoms with E-state index in [1.165, 1.54) is 0 Å². The van der Waals surface area contributed by atoms with E-state index in [0.717, 1.165) is 11.3 Å². The van der Waals surface area contributed by atoms with E-state index >= 15 is 0 Å². The van der Waals surface area contributed by atoms with Crippen molar-refractivity contribution in [2.24, 2.45) is 0 Å². The van der Waals surface area contributed by atoms with Crippen LogP contribution in [0.4, 0.5) is 0 Å². The molecule has 0 fully saturated rings. The molecule has 0 aliphatic carbocycles. The van der Waals surface area contributed by atoms with Gasteiger partial charge in [0, 0.05) is 11.6 Å². The summed E-state index contributed by atoms with van der Waals surface area (Å²) in [7, 11) is -3.65. The van der Waals surface area contributed by atoms with Crippen molar-refractivity contribution < 1.29 is 8.42 Å². The van der Waals surface area contributed by atoms with E-state index in [0.29, 0.717) is 29.4 Å². The lowest BCUT2D eigenvalue weighted by Crippen LogP contribution is -2.27. The molecule has 0 unspecified atom stereocenters. The first-order chi connectivity index (χ1) is 12.4. The molecular formula is C19H20ClN3O2S. The number of hydrogen-bond acceptors (Lipinski definition) is 3. The van der Waals surface area contributed by atoms with E-state index in [-0.39, 0.29) is 4.90 Å². The van der Waals surface area contributed by atoms with E-state index in [4.69, 9.17) is 11.6 Å². The number of para-hydroxylation sites is 1. The molecule has 1 heterocycles. The summed E-state index contributed by atoms with van der Waals surface area (Å²) >= 11 is 5.87. The number of nitrogens with one attached hydrogen (secondary N) is 1. The highest BCUT2D eigenvalue weighted by molar-refractivity contribution is 7.89. The minimum absolute atomic E-state index is 0.234. The average molecular weight is 390 g/mol. The van der Waals surface area contributed by atoms with Gasteiger partial charge in [-0.1, -0.05) is 41.9 Å². The summed E-state index contributed by atoms with van der Waals surface area (Å²) in [5, 5.41) is 5.07. The maximum absolute atomic E-state index is 12.8.